The van der Waals surface area contributed by atoms with Gasteiger partial charge in [0.1, 0.15) is 0 Å². The third-order valence-electron chi connectivity index (χ3n) is 4.60. The van der Waals surface area contributed by atoms with E-state index in [1.807, 2.05) is 30.3 Å². The van der Waals surface area contributed by atoms with E-state index >= 15 is 0 Å². The highest BCUT2D eigenvalue weighted by Crippen LogP contribution is 2.45. The van der Waals surface area contributed by atoms with Gasteiger partial charge in [0.2, 0.25) is 0 Å². The second kappa shape index (κ2) is 5.02. The number of aliphatic hydroxyl groups excluding tert-OH is 1. The maximum absolute atomic E-state index is 10.3. The van der Waals surface area contributed by atoms with E-state index in [1.165, 1.54) is 19.3 Å². The molecule has 18 heavy (non-hydrogen) atoms. The molecule has 0 bridgehead atoms. The number of rotatable bonds is 3. The number of hydrogen-bond donors (Lipinski definition) is 1. The molecule has 1 spiro atoms. The summed E-state index contributed by atoms with van der Waals surface area (Å²) in [6, 6.07) is 10.0. The average Bonchev–Trinajstić information content (AvgIpc) is 2.38. The van der Waals surface area contributed by atoms with E-state index in [0.29, 0.717) is 5.92 Å². The van der Waals surface area contributed by atoms with E-state index in [4.69, 9.17) is 4.74 Å². The topological polar surface area (TPSA) is 29.5 Å². The minimum Gasteiger partial charge on any atom is -0.388 e. The summed E-state index contributed by atoms with van der Waals surface area (Å²) in [5, 5.41) is 10.3. The second-order valence-electron chi connectivity index (χ2n) is 5.91. The summed E-state index contributed by atoms with van der Waals surface area (Å²) < 4.78 is 5.94. The molecule has 1 saturated carbocycles. The Morgan fingerprint density at radius 1 is 1.28 bits per heavy atom. The van der Waals surface area contributed by atoms with Gasteiger partial charge in [0.15, 0.2) is 0 Å². The predicted octanol–water partition coefficient (Wildman–Crippen LogP) is 3.46. The van der Waals surface area contributed by atoms with Crippen LogP contribution < -0.4 is 0 Å². The van der Waals surface area contributed by atoms with Gasteiger partial charge < -0.3 is 9.84 Å². The number of benzene rings is 1. The van der Waals surface area contributed by atoms with Crippen LogP contribution in [0.4, 0.5) is 0 Å². The molecule has 1 N–H and O–H groups in total. The molecule has 1 heterocycles. The Morgan fingerprint density at radius 2 is 2.06 bits per heavy atom. The van der Waals surface area contributed by atoms with Gasteiger partial charge in [0, 0.05) is 6.61 Å². The van der Waals surface area contributed by atoms with Crippen molar-refractivity contribution in [3.8, 4) is 0 Å². The fraction of sp³-hybridized carbons (Fsp3) is 0.625. The lowest BCUT2D eigenvalue weighted by Crippen LogP contribution is -2.45. The molecule has 1 saturated heterocycles. The summed E-state index contributed by atoms with van der Waals surface area (Å²) in [7, 11) is 0. The number of ether oxygens (including phenoxy) is 1. The third-order valence-corrected chi connectivity index (χ3v) is 4.60. The quantitative estimate of drug-likeness (QED) is 0.885. The molecule has 1 aliphatic heterocycles. The van der Waals surface area contributed by atoms with Crippen LogP contribution in [0, 0.1) is 5.92 Å². The predicted molar refractivity (Wildman–Crippen MR) is 71.3 cm³/mol. The zero-order valence-electron chi connectivity index (χ0n) is 10.8. The highest BCUT2D eigenvalue weighted by Gasteiger charge is 2.42. The van der Waals surface area contributed by atoms with Crippen molar-refractivity contribution in [2.75, 3.05) is 6.61 Å². The molecule has 1 aromatic rings. The summed E-state index contributed by atoms with van der Waals surface area (Å²) in [5.74, 6) is 0.620. The first-order chi connectivity index (χ1) is 8.77. The van der Waals surface area contributed by atoms with Crippen molar-refractivity contribution in [1.82, 2.24) is 0 Å². The molecule has 0 radical (unpaired) electrons. The molecule has 3 rings (SSSR count). The van der Waals surface area contributed by atoms with Crippen molar-refractivity contribution >= 4 is 0 Å². The first kappa shape index (κ1) is 12.2. The number of aliphatic hydroxyl groups is 1. The van der Waals surface area contributed by atoms with Crippen LogP contribution >= 0.6 is 0 Å². The van der Waals surface area contributed by atoms with Crippen LogP contribution in [0.1, 0.15) is 50.2 Å². The summed E-state index contributed by atoms with van der Waals surface area (Å²) in [6.07, 6.45) is 6.59. The molecule has 0 amide bonds. The van der Waals surface area contributed by atoms with Crippen LogP contribution in [-0.4, -0.2) is 17.3 Å². The van der Waals surface area contributed by atoms with E-state index in [9.17, 15) is 5.11 Å². The lowest BCUT2D eigenvalue weighted by molar-refractivity contribution is -0.146. The minimum absolute atomic E-state index is 0.194. The molecule has 2 aliphatic rings. The standard InChI is InChI=1S/C16H22O2/c17-15(14-5-2-1-3-6-14)11-13-7-10-18-16(12-13)8-4-9-16/h1-3,5-6,13,15,17H,4,7-12H2. The molecule has 2 unspecified atom stereocenters. The van der Waals surface area contributed by atoms with Gasteiger partial charge in [-0.25, -0.2) is 0 Å². The fourth-order valence-electron chi connectivity index (χ4n) is 3.38. The zero-order valence-corrected chi connectivity index (χ0v) is 10.8. The molecular formula is C16H22O2. The summed E-state index contributed by atoms with van der Waals surface area (Å²) in [6.45, 7) is 0.881. The van der Waals surface area contributed by atoms with Crippen molar-refractivity contribution in [3.05, 3.63) is 35.9 Å². The molecular weight excluding hydrogens is 224 g/mol. The van der Waals surface area contributed by atoms with Crippen LogP contribution in [-0.2, 0) is 4.74 Å². The van der Waals surface area contributed by atoms with Crippen molar-refractivity contribution in [2.24, 2.45) is 5.92 Å². The van der Waals surface area contributed by atoms with Gasteiger partial charge in [0.25, 0.3) is 0 Å². The largest absolute Gasteiger partial charge is 0.388 e. The Hall–Kier alpha value is -0.860. The van der Waals surface area contributed by atoms with Gasteiger partial charge in [-0.05, 0) is 50.0 Å². The van der Waals surface area contributed by atoms with E-state index in [-0.39, 0.29) is 11.7 Å². The Kier molecular flexibility index (Phi) is 3.40. The minimum atomic E-state index is -0.313. The van der Waals surface area contributed by atoms with Crippen LogP contribution in [0.15, 0.2) is 30.3 Å². The third kappa shape index (κ3) is 2.45. The van der Waals surface area contributed by atoms with Gasteiger partial charge in [-0.15, -0.1) is 0 Å². The monoisotopic (exact) mass is 246 g/mol. The normalized spacial score (nSPS) is 27.7. The fourth-order valence-corrected chi connectivity index (χ4v) is 3.38. The lowest BCUT2D eigenvalue weighted by atomic mass is 9.71. The van der Waals surface area contributed by atoms with E-state index < -0.39 is 0 Å². The molecule has 2 nitrogen and oxygen atoms in total. The molecule has 2 heteroatoms. The van der Waals surface area contributed by atoms with Crippen molar-refractivity contribution < 1.29 is 9.84 Å². The highest BCUT2D eigenvalue weighted by molar-refractivity contribution is 5.17. The van der Waals surface area contributed by atoms with Gasteiger partial charge >= 0.3 is 0 Å². The maximum Gasteiger partial charge on any atom is 0.0792 e. The van der Waals surface area contributed by atoms with E-state index in [2.05, 4.69) is 0 Å². The van der Waals surface area contributed by atoms with E-state index in [1.54, 1.807) is 0 Å². The molecule has 1 aromatic carbocycles. The summed E-state index contributed by atoms with van der Waals surface area (Å²) >= 11 is 0. The zero-order chi connectivity index (χ0) is 12.4. The lowest BCUT2D eigenvalue weighted by Gasteiger charge is -2.47. The Bertz CT molecular complexity index is 383. The van der Waals surface area contributed by atoms with Crippen LogP contribution in [0.3, 0.4) is 0 Å². The van der Waals surface area contributed by atoms with Crippen molar-refractivity contribution in [3.63, 3.8) is 0 Å². The van der Waals surface area contributed by atoms with Crippen molar-refractivity contribution in [2.45, 2.75) is 50.2 Å². The average molecular weight is 246 g/mol. The van der Waals surface area contributed by atoms with Crippen LogP contribution in [0.2, 0.25) is 0 Å². The van der Waals surface area contributed by atoms with Gasteiger partial charge in [0.05, 0.1) is 11.7 Å². The maximum atomic E-state index is 10.3. The Labute approximate surface area is 109 Å². The smallest absolute Gasteiger partial charge is 0.0792 e. The molecule has 1 aliphatic carbocycles. The van der Waals surface area contributed by atoms with Crippen molar-refractivity contribution in [1.29, 1.82) is 0 Å². The molecule has 2 fully saturated rings. The molecule has 2 atom stereocenters. The van der Waals surface area contributed by atoms with Crippen LogP contribution in [0.5, 0.6) is 0 Å². The van der Waals surface area contributed by atoms with Gasteiger partial charge in [-0.2, -0.15) is 0 Å². The Morgan fingerprint density at radius 3 is 2.72 bits per heavy atom. The summed E-state index contributed by atoms with van der Waals surface area (Å²) in [4.78, 5) is 0. The van der Waals surface area contributed by atoms with Gasteiger partial charge in [-0.3, -0.25) is 0 Å². The van der Waals surface area contributed by atoms with Gasteiger partial charge in [-0.1, -0.05) is 30.3 Å². The van der Waals surface area contributed by atoms with E-state index in [0.717, 1.165) is 31.4 Å². The first-order valence-corrected chi connectivity index (χ1v) is 7.14. The summed E-state index contributed by atoms with van der Waals surface area (Å²) in [5.41, 5.74) is 1.24. The number of hydrogen-bond acceptors (Lipinski definition) is 2. The highest BCUT2D eigenvalue weighted by atomic mass is 16.5. The molecule has 0 aromatic heterocycles. The Balaban J connectivity index is 1.59. The second-order valence-corrected chi connectivity index (χ2v) is 5.91. The SMILES string of the molecule is OC(CC1CCOC2(CCC2)C1)c1ccccc1. The first-order valence-electron chi connectivity index (χ1n) is 7.14. The molecule has 98 valence electrons. The van der Waals surface area contributed by atoms with Crippen LogP contribution in [0.25, 0.3) is 0 Å².